The van der Waals surface area contributed by atoms with E-state index in [1.807, 2.05) is 6.08 Å². The molecular formula is C13H16N6S. The first-order chi connectivity index (χ1) is 9.88. The van der Waals surface area contributed by atoms with E-state index in [0.29, 0.717) is 0 Å². The average molecular weight is 288 g/mol. The third-order valence-corrected chi connectivity index (χ3v) is 4.04. The second-order valence-electron chi connectivity index (χ2n) is 4.42. The molecule has 20 heavy (non-hydrogen) atoms. The summed E-state index contributed by atoms with van der Waals surface area (Å²) in [4.78, 5) is 19.8. The molecule has 6 nitrogen and oxygen atoms in total. The normalized spacial score (nSPS) is 15.5. The maximum Gasteiger partial charge on any atom is 0.226 e. The summed E-state index contributed by atoms with van der Waals surface area (Å²) in [5, 5.41) is 4.21. The van der Waals surface area contributed by atoms with Crippen molar-refractivity contribution in [1.29, 1.82) is 0 Å². The second-order valence-corrected chi connectivity index (χ2v) is 5.43. The predicted molar refractivity (Wildman–Crippen MR) is 81.1 cm³/mol. The highest BCUT2D eigenvalue weighted by atomic mass is 32.2. The Hall–Kier alpha value is -1.73. The smallest absolute Gasteiger partial charge is 0.226 e. The molecule has 2 aromatic rings. The molecule has 7 heteroatoms. The molecule has 1 N–H and O–H groups in total. The first kappa shape index (κ1) is 13.3. The highest BCUT2D eigenvalue weighted by Gasteiger charge is 2.15. The molecule has 0 saturated carbocycles. The molecule has 1 aliphatic heterocycles. The number of hydrogen-bond acceptors (Lipinski definition) is 7. The van der Waals surface area contributed by atoms with Crippen LogP contribution in [0.25, 0.3) is 11.0 Å². The summed E-state index contributed by atoms with van der Waals surface area (Å²) in [6.07, 6.45) is 5.19. The van der Waals surface area contributed by atoms with Crippen molar-refractivity contribution < 1.29 is 0 Å². The van der Waals surface area contributed by atoms with Gasteiger partial charge in [-0.1, -0.05) is 17.8 Å². The van der Waals surface area contributed by atoms with E-state index in [4.69, 9.17) is 0 Å². The van der Waals surface area contributed by atoms with Gasteiger partial charge in [-0.05, 0) is 0 Å². The van der Waals surface area contributed by atoms with Crippen LogP contribution in [0.3, 0.4) is 0 Å². The highest BCUT2D eigenvalue weighted by Crippen LogP contribution is 2.24. The molecule has 0 aliphatic carbocycles. The molecule has 0 bridgehead atoms. The summed E-state index contributed by atoms with van der Waals surface area (Å²) in [5.41, 5.74) is 1.60. The van der Waals surface area contributed by atoms with Gasteiger partial charge in [0.05, 0.1) is 6.20 Å². The van der Waals surface area contributed by atoms with Gasteiger partial charge in [-0.15, -0.1) is 6.58 Å². The van der Waals surface area contributed by atoms with Crippen LogP contribution in [0.4, 0.5) is 5.95 Å². The van der Waals surface area contributed by atoms with Crippen molar-refractivity contribution in [2.24, 2.45) is 0 Å². The Morgan fingerprint density at radius 2 is 2.15 bits per heavy atom. The summed E-state index contributed by atoms with van der Waals surface area (Å²) < 4.78 is 0. The summed E-state index contributed by atoms with van der Waals surface area (Å²) in [6, 6.07) is 0. The SMILES string of the molecule is C=CCSc1ncnc2cnc(N3CCNCC3)nc12. The van der Waals surface area contributed by atoms with Crippen LogP contribution in [0.2, 0.25) is 0 Å². The van der Waals surface area contributed by atoms with Gasteiger partial charge in [-0.2, -0.15) is 0 Å². The van der Waals surface area contributed by atoms with E-state index in [1.165, 1.54) is 0 Å². The third kappa shape index (κ3) is 2.73. The Morgan fingerprint density at radius 1 is 1.30 bits per heavy atom. The van der Waals surface area contributed by atoms with Gasteiger partial charge in [-0.3, -0.25) is 0 Å². The Labute approximate surface area is 121 Å². The molecule has 2 aromatic heterocycles. The van der Waals surface area contributed by atoms with Gasteiger partial charge < -0.3 is 10.2 Å². The zero-order valence-corrected chi connectivity index (χ0v) is 11.9. The second kappa shape index (κ2) is 6.15. The van der Waals surface area contributed by atoms with E-state index in [2.05, 4.69) is 36.7 Å². The van der Waals surface area contributed by atoms with Crippen LogP contribution in [0.15, 0.2) is 30.2 Å². The predicted octanol–water partition coefficient (Wildman–Crippen LogP) is 1.11. The van der Waals surface area contributed by atoms with Gasteiger partial charge in [0.25, 0.3) is 0 Å². The molecule has 0 unspecified atom stereocenters. The number of hydrogen-bond donors (Lipinski definition) is 1. The molecule has 1 aliphatic rings. The molecule has 0 atom stereocenters. The topological polar surface area (TPSA) is 66.8 Å². The van der Waals surface area contributed by atoms with Crippen molar-refractivity contribution in [3.05, 3.63) is 25.2 Å². The zero-order chi connectivity index (χ0) is 13.8. The lowest BCUT2D eigenvalue weighted by Crippen LogP contribution is -2.44. The maximum atomic E-state index is 4.66. The highest BCUT2D eigenvalue weighted by molar-refractivity contribution is 7.99. The quantitative estimate of drug-likeness (QED) is 0.513. The molecule has 0 radical (unpaired) electrons. The minimum absolute atomic E-state index is 0.759. The van der Waals surface area contributed by atoms with E-state index in [9.17, 15) is 0 Å². The number of nitrogens with one attached hydrogen (secondary N) is 1. The fraction of sp³-hybridized carbons (Fsp3) is 0.385. The maximum absolute atomic E-state index is 4.66. The van der Waals surface area contributed by atoms with Crippen molar-refractivity contribution in [3.63, 3.8) is 0 Å². The number of piperazine rings is 1. The average Bonchev–Trinajstić information content (AvgIpc) is 2.53. The summed E-state index contributed by atoms with van der Waals surface area (Å²) >= 11 is 1.61. The first-order valence-corrected chi connectivity index (χ1v) is 7.54. The van der Waals surface area contributed by atoms with Gasteiger partial charge in [-0.25, -0.2) is 19.9 Å². The van der Waals surface area contributed by atoms with Crippen LogP contribution < -0.4 is 10.2 Å². The molecule has 0 aromatic carbocycles. The molecule has 104 valence electrons. The van der Waals surface area contributed by atoms with Crippen molar-refractivity contribution in [2.75, 3.05) is 36.8 Å². The fourth-order valence-corrected chi connectivity index (χ4v) is 2.77. The monoisotopic (exact) mass is 288 g/mol. The van der Waals surface area contributed by atoms with Crippen LogP contribution >= 0.6 is 11.8 Å². The third-order valence-electron chi connectivity index (χ3n) is 3.07. The van der Waals surface area contributed by atoms with Crippen LogP contribution in [0.1, 0.15) is 0 Å². The number of rotatable bonds is 4. The van der Waals surface area contributed by atoms with Crippen LogP contribution in [0.5, 0.6) is 0 Å². The lowest BCUT2D eigenvalue weighted by atomic mass is 10.4. The largest absolute Gasteiger partial charge is 0.338 e. The molecule has 3 rings (SSSR count). The van der Waals surface area contributed by atoms with E-state index in [1.54, 1.807) is 24.3 Å². The van der Waals surface area contributed by atoms with Crippen molar-refractivity contribution in [2.45, 2.75) is 5.03 Å². The lowest BCUT2D eigenvalue weighted by molar-refractivity contribution is 0.580. The number of thioether (sulfide) groups is 1. The van der Waals surface area contributed by atoms with E-state index in [-0.39, 0.29) is 0 Å². The van der Waals surface area contributed by atoms with Crippen molar-refractivity contribution in [1.82, 2.24) is 25.3 Å². The van der Waals surface area contributed by atoms with Gasteiger partial charge in [0.1, 0.15) is 22.4 Å². The number of fused-ring (bicyclic) bond motifs is 1. The fourth-order valence-electron chi connectivity index (χ4n) is 2.08. The van der Waals surface area contributed by atoms with Gasteiger partial charge in [0.2, 0.25) is 5.95 Å². The molecule has 0 spiro atoms. The minimum Gasteiger partial charge on any atom is -0.338 e. The summed E-state index contributed by atoms with van der Waals surface area (Å²) in [5.74, 6) is 1.56. The van der Waals surface area contributed by atoms with Crippen LogP contribution in [-0.4, -0.2) is 51.9 Å². The van der Waals surface area contributed by atoms with Crippen molar-refractivity contribution in [3.8, 4) is 0 Å². The Kier molecular flexibility index (Phi) is 4.08. The first-order valence-electron chi connectivity index (χ1n) is 6.55. The number of aromatic nitrogens is 4. The molecular weight excluding hydrogens is 272 g/mol. The molecule has 1 saturated heterocycles. The molecule has 3 heterocycles. The summed E-state index contributed by atoms with van der Waals surface area (Å²) in [6.45, 7) is 7.51. The van der Waals surface area contributed by atoms with E-state index in [0.717, 1.165) is 53.9 Å². The van der Waals surface area contributed by atoms with Gasteiger partial charge in [0, 0.05) is 31.9 Å². The Bertz CT molecular complexity index is 611. The standard InChI is InChI=1S/C13H16N6S/c1-2-7-20-12-11-10(16-9-17-12)8-15-13(18-11)19-5-3-14-4-6-19/h2,8-9,14H,1,3-7H2. The Morgan fingerprint density at radius 3 is 2.95 bits per heavy atom. The zero-order valence-electron chi connectivity index (χ0n) is 11.1. The van der Waals surface area contributed by atoms with Crippen LogP contribution in [-0.2, 0) is 0 Å². The Balaban J connectivity index is 1.97. The number of nitrogens with zero attached hydrogens (tertiary/aromatic N) is 5. The van der Waals surface area contributed by atoms with Gasteiger partial charge >= 0.3 is 0 Å². The molecule has 1 fully saturated rings. The van der Waals surface area contributed by atoms with E-state index >= 15 is 0 Å². The molecule has 0 amide bonds. The number of anilines is 1. The van der Waals surface area contributed by atoms with E-state index < -0.39 is 0 Å². The van der Waals surface area contributed by atoms with Gasteiger partial charge in [0.15, 0.2) is 0 Å². The minimum atomic E-state index is 0.759. The summed E-state index contributed by atoms with van der Waals surface area (Å²) in [7, 11) is 0. The van der Waals surface area contributed by atoms with Crippen molar-refractivity contribution >= 4 is 28.7 Å². The lowest BCUT2D eigenvalue weighted by Gasteiger charge is -2.27. The van der Waals surface area contributed by atoms with Crippen LogP contribution in [0, 0.1) is 0 Å².